The van der Waals surface area contributed by atoms with E-state index in [1.807, 2.05) is 0 Å². The molecule has 1 fully saturated rings. The van der Waals surface area contributed by atoms with E-state index < -0.39 is 40.9 Å². The Morgan fingerprint density at radius 2 is 1.55 bits per heavy atom. The lowest BCUT2D eigenvalue weighted by Gasteiger charge is -2.36. The highest BCUT2D eigenvalue weighted by Gasteiger charge is 2.49. The van der Waals surface area contributed by atoms with Crippen molar-refractivity contribution >= 4 is 23.9 Å². The molecule has 0 radical (unpaired) electrons. The van der Waals surface area contributed by atoms with E-state index in [2.05, 4.69) is 0 Å². The van der Waals surface area contributed by atoms with E-state index in [-0.39, 0.29) is 11.1 Å². The van der Waals surface area contributed by atoms with Gasteiger partial charge in [-0.1, -0.05) is 17.2 Å². The minimum atomic E-state index is -1.15. The first-order valence-electron chi connectivity index (χ1n) is 9.63. The number of amides is 3. The SMILES string of the molecule is CC(C)(C)OC(=O)N1CCCC1C(C)(C)C(=O)ON1C(=O)c2ccccc2C1=O. The number of carbonyl (C=O) groups excluding carboxylic acids is 4. The summed E-state index contributed by atoms with van der Waals surface area (Å²) >= 11 is 0. The van der Waals surface area contributed by atoms with Crippen LogP contribution in [0.15, 0.2) is 24.3 Å². The van der Waals surface area contributed by atoms with E-state index in [0.29, 0.717) is 24.4 Å². The van der Waals surface area contributed by atoms with Gasteiger partial charge in [-0.05, 0) is 59.6 Å². The van der Waals surface area contributed by atoms with Crippen LogP contribution in [0.3, 0.4) is 0 Å². The Labute approximate surface area is 169 Å². The van der Waals surface area contributed by atoms with Crippen LogP contribution in [-0.4, -0.2) is 52.0 Å². The minimum absolute atomic E-state index is 0.194. The molecule has 0 aromatic heterocycles. The Morgan fingerprint density at radius 1 is 1.00 bits per heavy atom. The molecule has 0 bridgehead atoms. The molecule has 8 heteroatoms. The third-order valence-electron chi connectivity index (χ3n) is 5.17. The number of rotatable bonds is 3. The third kappa shape index (κ3) is 3.83. The van der Waals surface area contributed by atoms with Crippen LogP contribution < -0.4 is 0 Å². The summed E-state index contributed by atoms with van der Waals surface area (Å²) in [6.45, 7) is 9.07. The molecule has 2 aliphatic rings. The van der Waals surface area contributed by atoms with Gasteiger partial charge >= 0.3 is 12.1 Å². The van der Waals surface area contributed by atoms with Crippen LogP contribution in [-0.2, 0) is 14.4 Å². The second-order valence-corrected chi connectivity index (χ2v) is 8.88. The first kappa shape index (κ1) is 20.8. The maximum atomic E-state index is 13.0. The van der Waals surface area contributed by atoms with Gasteiger partial charge in [-0.2, -0.15) is 0 Å². The number of ether oxygens (including phenoxy) is 1. The Kier molecular flexibility index (Phi) is 5.15. The van der Waals surface area contributed by atoms with Crippen molar-refractivity contribution in [1.82, 2.24) is 9.96 Å². The smallest absolute Gasteiger partial charge is 0.410 e. The van der Waals surface area contributed by atoms with Gasteiger partial charge in [0.2, 0.25) is 0 Å². The van der Waals surface area contributed by atoms with E-state index in [1.165, 1.54) is 17.0 Å². The molecule has 1 aromatic carbocycles. The van der Waals surface area contributed by atoms with Crippen molar-refractivity contribution < 1.29 is 28.8 Å². The fraction of sp³-hybridized carbons (Fsp3) is 0.524. The summed E-state index contributed by atoms with van der Waals surface area (Å²) in [6, 6.07) is 5.82. The van der Waals surface area contributed by atoms with Gasteiger partial charge in [0, 0.05) is 6.54 Å². The van der Waals surface area contributed by atoms with Gasteiger partial charge in [0.15, 0.2) is 0 Å². The van der Waals surface area contributed by atoms with E-state index in [1.54, 1.807) is 46.8 Å². The zero-order valence-electron chi connectivity index (χ0n) is 17.4. The molecular formula is C21H26N2O6. The normalized spacial score (nSPS) is 19.4. The molecule has 3 amide bonds. The molecule has 29 heavy (non-hydrogen) atoms. The summed E-state index contributed by atoms with van der Waals surface area (Å²) in [6.07, 6.45) is 0.804. The highest BCUT2D eigenvalue weighted by Crippen LogP contribution is 2.36. The van der Waals surface area contributed by atoms with Crippen LogP contribution in [0.4, 0.5) is 4.79 Å². The number of hydrogen-bond acceptors (Lipinski definition) is 6. The van der Waals surface area contributed by atoms with Crippen LogP contribution in [0.2, 0.25) is 0 Å². The number of nitrogens with zero attached hydrogens (tertiary/aromatic N) is 2. The second-order valence-electron chi connectivity index (χ2n) is 8.88. The zero-order valence-corrected chi connectivity index (χ0v) is 17.4. The van der Waals surface area contributed by atoms with Crippen LogP contribution in [0, 0.1) is 5.41 Å². The molecule has 3 rings (SSSR count). The number of hydrogen-bond donors (Lipinski definition) is 0. The molecule has 0 spiro atoms. The van der Waals surface area contributed by atoms with Gasteiger partial charge in [-0.15, -0.1) is 0 Å². The Balaban J connectivity index is 1.76. The molecule has 0 N–H and O–H groups in total. The summed E-state index contributed by atoms with van der Waals surface area (Å²) < 4.78 is 5.45. The van der Waals surface area contributed by atoms with Crippen molar-refractivity contribution in [2.45, 2.75) is 59.1 Å². The monoisotopic (exact) mass is 402 g/mol. The predicted molar refractivity (Wildman–Crippen MR) is 103 cm³/mol. The summed E-state index contributed by atoms with van der Waals surface area (Å²) in [5, 5.41) is 0.502. The van der Waals surface area contributed by atoms with Gasteiger partial charge in [-0.25, -0.2) is 9.59 Å². The number of imide groups is 1. The minimum Gasteiger partial charge on any atom is -0.444 e. The van der Waals surface area contributed by atoms with E-state index in [4.69, 9.17) is 9.57 Å². The Bertz CT molecular complexity index is 835. The molecule has 0 aliphatic carbocycles. The van der Waals surface area contributed by atoms with E-state index >= 15 is 0 Å². The van der Waals surface area contributed by atoms with Crippen LogP contribution in [0.1, 0.15) is 68.2 Å². The summed E-state index contributed by atoms with van der Waals surface area (Å²) in [5.74, 6) is -2.11. The summed E-state index contributed by atoms with van der Waals surface area (Å²) in [5.41, 5.74) is -1.42. The number of carbonyl (C=O) groups is 4. The average molecular weight is 402 g/mol. The van der Waals surface area contributed by atoms with Gasteiger partial charge in [0.1, 0.15) is 5.60 Å². The Morgan fingerprint density at radius 3 is 2.07 bits per heavy atom. The molecule has 0 saturated carbocycles. The molecule has 1 aromatic rings. The summed E-state index contributed by atoms with van der Waals surface area (Å²) in [4.78, 5) is 57.2. The highest BCUT2D eigenvalue weighted by molar-refractivity contribution is 6.20. The van der Waals surface area contributed by atoms with Crippen molar-refractivity contribution in [3.05, 3.63) is 35.4 Å². The summed E-state index contributed by atoms with van der Waals surface area (Å²) in [7, 11) is 0. The lowest BCUT2D eigenvalue weighted by atomic mass is 9.83. The molecule has 1 unspecified atom stereocenters. The van der Waals surface area contributed by atoms with E-state index in [9.17, 15) is 19.2 Å². The maximum absolute atomic E-state index is 13.0. The average Bonchev–Trinajstić information content (AvgIpc) is 3.21. The zero-order chi connectivity index (χ0) is 21.6. The molecule has 8 nitrogen and oxygen atoms in total. The van der Waals surface area contributed by atoms with Gasteiger partial charge in [-0.3, -0.25) is 9.59 Å². The van der Waals surface area contributed by atoms with Crippen molar-refractivity contribution in [2.24, 2.45) is 5.41 Å². The van der Waals surface area contributed by atoms with Crippen molar-refractivity contribution in [1.29, 1.82) is 0 Å². The van der Waals surface area contributed by atoms with Crippen LogP contribution >= 0.6 is 0 Å². The maximum Gasteiger partial charge on any atom is 0.410 e. The number of benzene rings is 1. The van der Waals surface area contributed by atoms with Crippen molar-refractivity contribution in [3.8, 4) is 0 Å². The molecular weight excluding hydrogens is 376 g/mol. The quantitative estimate of drug-likeness (QED) is 0.721. The molecule has 2 heterocycles. The van der Waals surface area contributed by atoms with Gasteiger partial charge in [0.05, 0.1) is 22.6 Å². The van der Waals surface area contributed by atoms with Gasteiger partial charge in [0.25, 0.3) is 11.8 Å². The molecule has 156 valence electrons. The standard InChI is InChI=1S/C21H26N2O6/c1-20(2,3)28-19(27)22-12-8-11-15(22)21(4,5)18(26)29-23-16(24)13-9-6-7-10-14(13)17(23)25/h6-7,9-10,15H,8,11-12H2,1-5H3. The fourth-order valence-electron chi connectivity index (χ4n) is 3.64. The lowest BCUT2D eigenvalue weighted by molar-refractivity contribution is -0.182. The van der Waals surface area contributed by atoms with Crippen molar-refractivity contribution in [3.63, 3.8) is 0 Å². The number of likely N-dealkylation sites (tertiary alicyclic amines) is 1. The molecule has 2 aliphatic heterocycles. The van der Waals surface area contributed by atoms with Gasteiger partial charge < -0.3 is 14.5 Å². The fourth-order valence-corrected chi connectivity index (χ4v) is 3.64. The van der Waals surface area contributed by atoms with Crippen molar-refractivity contribution in [2.75, 3.05) is 6.54 Å². The lowest BCUT2D eigenvalue weighted by Crippen LogP contribution is -2.51. The highest BCUT2D eigenvalue weighted by atomic mass is 16.7. The Hall–Kier alpha value is -2.90. The predicted octanol–water partition coefficient (Wildman–Crippen LogP) is 3.17. The topological polar surface area (TPSA) is 93.2 Å². The van der Waals surface area contributed by atoms with Crippen LogP contribution in [0.25, 0.3) is 0 Å². The number of fused-ring (bicyclic) bond motifs is 1. The first-order valence-corrected chi connectivity index (χ1v) is 9.63. The third-order valence-corrected chi connectivity index (χ3v) is 5.17. The second kappa shape index (κ2) is 7.17. The number of hydroxylamine groups is 2. The largest absolute Gasteiger partial charge is 0.444 e. The molecule has 1 atom stereocenters. The van der Waals surface area contributed by atoms with Crippen LogP contribution in [0.5, 0.6) is 0 Å². The first-order chi connectivity index (χ1) is 13.4. The van der Waals surface area contributed by atoms with E-state index in [0.717, 1.165) is 0 Å². The molecule has 1 saturated heterocycles.